The Morgan fingerprint density at radius 3 is 2.41 bits per heavy atom. The molecular formula is C23H37N3O. The third-order valence-corrected chi connectivity index (χ3v) is 6.36. The minimum absolute atomic E-state index is 0.240. The normalized spacial score (nSPS) is 20.6. The van der Waals surface area contributed by atoms with Crippen molar-refractivity contribution in [3.8, 4) is 0 Å². The summed E-state index contributed by atoms with van der Waals surface area (Å²) in [6, 6.07) is 11.5. The molecule has 0 aromatic heterocycles. The molecule has 0 aliphatic carbocycles. The summed E-state index contributed by atoms with van der Waals surface area (Å²) in [4.78, 5) is 17.5. The van der Waals surface area contributed by atoms with Gasteiger partial charge >= 0.3 is 0 Å². The predicted molar refractivity (Wildman–Crippen MR) is 112 cm³/mol. The topological polar surface area (TPSA) is 35.6 Å². The highest BCUT2D eigenvalue weighted by molar-refractivity contribution is 5.78. The molecule has 0 unspecified atom stereocenters. The number of amides is 1. The van der Waals surface area contributed by atoms with Crippen LogP contribution in [0.5, 0.6) is 0 Å². The van der Waals surface area contributed by atoms with Gasteiger partial charge in [0, 0.05) is 25.0 Å². The third-order valence-electron chi connectivity index (χ3n) is 6.36. The minimum Gasteiger partial charge on any atom is -0.356 e. The van der Waals surface area contributed by atoms with Crippen molar-refractivity contribution >= 4 is 5.91 Å². The van der Waals surface area contributed by atoms with Crippen LogP contribution in [0.3, 0.4) is 0 Å². The fourth-order valence-electron chi connectivity index (χ4n) is 4.50. The number of hydrogen-bond donors (Lipinski definition) is 1. The van der Waals surface area contributed by atoms with Gasteiger partial charge in [-0.3, -0.25) is 4.79 Å². The largest absolute Gasteiger partial charge is 0.356 e. The molecule has 1 aromatic carbocycles. The first-order valence-electron chi connectivity index (χ1n) is 11.0. The molecule has 27 heavy (non-hydrogen) atoms. The molecule has 2 fully saturated rings. The average molecular weight is 372 g/mol. The van der Waals surface area contributed by atoms with Crippen LogP contribution in [0.25, 0.3) is 0 Å². The lowest BCUT2D eigenvalue weighted by molar-refractivity contribution is -0.126. The zero-order valence-corrected chi connectivity index (χ0v) is 17.0. The fourth-order valence-corrected chi connectivity index (χ4v) is 4.50. The molecule has 150 valence electrons. The SMILES string of the molecule is CCCCNC(=O)C1CCN(C2CCN(CCc3ccccc3)CC2)CC1. The second-order valence-corrected chi connectivity index (χ2v) is 8.26. The van der Waals surface area contributed by atoms with Crippen molar-refractivity contribution in [1.82, 2.24) is 15.1 Å². The van der Waals surface area contributed by atoms with Gasteiger partial charge in [0.1, 0.15) is 0 Å². The van der Waals surface area contributed by atoms with Crippen molar-refractivity contribution in [3.05, 3.63) is 35.9 Å². The third kappa shape index (κ3) is 6.32. The number of hydrogen-bond acceptors (Lipinski definition) is 3. The second-order valence-electron chi connectivity index (χ2n) is 8.26. The molecule has 0 radical (unpaired) electrons. The molecule has 1 amide bonds. The number of carbonyl (C=O) groups excluding carboxylic acids is 1. The van der Waals surface area contributed by atoms with Gasteiger partial charge in [-0.05, 0) is 70.3 Å². The number of likely N-dealkylation sites (tertiary alicyclic amines) is 2. The number of nitrogens with zero attached hydrogens (tertiary/aromatic N) is 2. The van der Waals surface area contributed by atoms with E-state index in [0.717, 1.165) is 57.8 Å². The Hall–Kier alpha value is -1.39. The molecule has 2 heterocycles. The molecule has 1 aromatic rings. The molecule has 3 rings (SSSR count). The molecule has 2 aliphatic heterocycles. The van der Waals surface area contributed by atoms with Gasteiger partial charge in [0.2, 0.25) is 5.91 Å². The van der Waals surface area contributed by atoms with Gasteiger partial charge in [0.05, 0.1) is 0 Å². The first-order valence-corrected chi connectivity index (χ1v) is 11.0. The van der Waals surface area contributed by atoms with E-state index in [9.17, 15) is 4.79 Å². The lowest BCUT2D eigenvalue weighted by Crippen LogP contribution is -2.49. The standard InChI is InChI=1S/C23H37N3O/c1-2-3-14-24-23(27)21-10-18-26(19-11-21)22-12-16-25(17-13-22)15-9-20-7-5-4-6-8-20/h4-8,21-22H,2-3,9-19H2,1H3,(H,24,27). The molecule has 0 spiro atoms. The molecule has 0 bridgehead atoms. The summed E-state index contributed by atoms with van der Waals surface area (Å²) in [5.41, 5.74) is 1.44. The number of nitrogens with one attached hydrogen (secondary N) is 1. The number of rotatable bonds is 8. The van der Waals surface area contributed by atoms with E-state index in [1.165, 1.54) is 38.0 Å². The zero-order valence-electron chi connectivity index (χ0n) is 17.0. The number of piperidine rings is 2. The first kappa shape index (κ1) is 20.3. The number of unbranched alkanes of at least 4 members (excludes halogenated alkanes) is 1. The van der Waals surface area contributed by atoms with Crippen LogP contribution >= 0.6 is 0 Å². The molecule has 4 heteroatoms. The molecule has 0 atom stereocenters. The van der Waals surface area contributed by atoms with Gasteiger partial charge in [-0.25, -0.2) is 0 Å². The fraction of sp³-hybridized carbons (Fsp3) is 0.696. The van der Waals surface area contributed by atoms with Crippen LogP contribution in [-0.2, 0) is 11.2 Å². The van der Waals surface area contributed by atoms with E-state index < -0.39 is 0 Å². The summed E-state index contributed by atoms with van der Waals surface area (Å²) < 4.78 is 0. The summed E-state index contributed by atoms with van der Waals surface area (Å²) in [5, 5.41) is 3.12. The Kier molecular flexibility index (Phi) is 8.15. The van der Waals surface area contributed by atoms with E-state index in [1.54, 1.807) is 0 Å². The highest BCUT2D eigenvalue weighted by Crippen LogP contribution is 2.24. The van der Waals surface area contributed by atoms with Crippen molar-refractivity contribution in [3.63, 3.8) is 0 Å². The molecule has 2 aliphatic rings. The maximum atomic E-state index is 12.3. The molecule has 1 N–H and O–H groups in total. The molecule has 2 saturated heterocycles. The van der Waals surface area contributed by atoms with Crippen LogP contribution in [-0.4, -0.2) is 61.0 Å². The molecular weight excluding hydrogens is 334 g/mol. The van der Waals surface area contributed by atoms with E-state index in [1.807, 2.05) is 0 Å². The Morgan fingerprint density at radius 1 is 1.04 bits per heavy atom. The van der Waals surface area contributed by atoms with Crippen molar-refractivity contribution in [1.29, 1.82) is 0 Å². The zero-order chi connectivity index (χ0) is 18.9. The van der Waals surface area contributed by atoms with Crippen LogP contribution in [0.15, 0.2) is 30.3 Å². The summed E-state index contributed by atoms with van der Waals surface area (Å²) in [6.07, 6.45) is 8.02. The van der Waals surface area contributed by atoms with E-state index in [0.29, 0.717) is 5.91 Å². The minimum atomic E-state index is 0.240. The Bertz CT molecular complexity index is 546. The van der Waals surface area contributed by atoms with Gasteiger partial charge in [-0.15, -0.1) is 0 Å². The van der Waals surface area contributed by atoms with E-state index in [-0.39, 0.29) is 5.92 Å². The van der Waals surface area contributed by atoms with Crippen molar-refractivity contribution in [2.75, 3.05) is 39.3 Å². The quantitative estimate of drug-likeness (QED) is 0.712. The summed E-state index contributed by atoms with van der Waals surface area (Å²) in [5.74, 6) is 0.530. The number of carbonyl (C=O) groups is 1. The Labute approximate surface area is 165 Å². The smallest absolute Gasteiger partial charge is 0.223 e. The van der Waals surface area contributed by atoms with Gasteiger partial charge in [-0.1, -0.05) is 43.7 Å². The van der Waals surface area contributed by atoms with Crippen molar-refractivity contribution in [2.24, 2.45) is 5.92 Å². The number of benzene rings is 1. The monoisotopic (exact) mass is 371 g/mol. The van der Waals surface area contributed by atoms with Crippen LogP contribution in [0.2, 0.25) is 0 Å². The van der Waals surface area contributed by atoms with Crippen LogP contribution in [0.1, 0.15) is 51.0 Å². The van der Waals surface area contributed by atoms with Gasteiger partial charge in [-0.2, -0.15) is 0 Å². The Balaban J connectivity index is 1.33. The van der Waals surface area contributed by atoms with E-state index in [2.05, 4.69) is 52.4 Å². The maximum absolute atomic E-state index is 12.3. The summed E-state index contributed by atoms with van der Waals surface area (Å²) >= 11 is 0. The lowest BCUT2D eigenvalue weighted by atomic mass is 9.92. The predicted octanol–water partition coefficient (Wildman–Crippen LogP) is 3.32. The summed E-state index contributed by atoms with van der Waals surface area (Å²) in [6.45, 7) is 8.82. The molecule has 4 nitrogen and oxygen atoms in total. The summed E-state index contributed by atoms with van der Waals surface area (Å²) in [7, 11) is 0. The van der Waals surface area contributed by atoms with Gasteiger partial charge in [0.15, 0.2) is 0 Å². The first-order chi connectivity index (χ1) is 13.3. The van der Waals surface area contributed by atoms with E-state index >= 15 is 0 Å². The van der Waals surface area contributed by atoms with Crippen molar-refractivity contribution in [2.45, 2.75) is 57.9 Å². The van der Waals surface area contributed by atoms with Gasteiger partial charge < -0.3 is 15.1 Å². The van der Waals surface area contributed by atoms with Crippen LogP contribution in [0, 0.1) is 5.92 Å². The average Bonchev–Trinajstić information content (AvgIpc) is 2.74. The second kappa shape index (κ2) is 10.8. The van der Waals surface area contributed by atoms with Crippen LogP contribution < -0.4 is 5.32 Å². The Morgan fingerprint density at radius 2 is 1.74 bits per heavy atom. The lowest BCUT2D eigenvalue weighted by Gasteiger charge is -2.41. The molecule has 0 saturated carbocycles. The maximum Gasteiger partial charge on any atom is 0.223 e. The van der Waals surface area contributed by atoms with E-state index in [4.69, 9.17) is 0 Å². The highest BCUT2D eigenvalue weighted by atomic mass is 16.1. The van der Waals surface area contributed by atoms with Gasteiger partial charge in [0.25, 0.3) is 0 Å². The van der Waals surface area contributed by atoms with Crippen LogP contribution in [0.4, 0.5) is 0 Å². The highest BCUT2D eigenvalue weighted by Gasteiger charge is 2.30. The van der Waals surface area contributed by atoms with Crippen molar-refractivity contribution < 1.29 is 4.79 Å².